The fourth-order valence-electron chi connectivity index (χ4n) is 0.746. The number of halogens is 1. The molecule has 0 N–H and O–H groups in total. The zero-order valence-corrected chi connectivity index (χ0v) is 6.57. The molecular formula is C9H8Cl. The van der Waals surface area contributed by atoms with E-state index in [1.807, 2.05) is 19.1 Å². The third kappa shape index (κ3) is 1.39. The normalized spacial score (nSPS) is 9.40. The van der Waals surface area contributed by atoms with Crippen LogP contribution in [-0.4, -0.2) is 0 Å². The molecule has 1 aromatic carbocycles. The van der Waals surface area contributed by atoms with Crippen molar-refractivity contribution in [2.75, 3.05) is 0 Å². The van der Waals surface area contributed by atoms with Crippen LogP contribution in [-0.2, 0) is 0 Å². The first-order chi connectivity index (χ1) is 4.72. The summed E-state index contributed by atoms with van der Waals surface area (Å²) >= 11 is 5.80. The molecule has 0 saturated heterocycles. The molecule has 0 unspecified atom stereocenters. The summed E-state index contributed by atoms with van der Waals surface area (Å²) < 4.78 is 0. The first-order valence-corrected chi connectivity index (χ1v) is 3.41. The van der Waals surface area contributed by atoms with Gasteiger partial charge < -0.3 is 0 Å². The summed E-state index contributed by atoms with van der Waals surface area (Å²) in [6.07, 6.45) is 0. The molecule has 1 rings (SSSR count). The first kappa shape index (κ1) is 7.36. The highest BCUT2D eigenvalue weighted by atomic mass is 35.5. The Morgan fingerprint density at radius 2 is 2.40 bits per heavy atom. The van der Waals surface area contributed by atoms with E-state index in [0.29, 0.717) is 5.02 Å². The summed E-state index contributed by atoms with van der Waals surface area (Å²) in [5, 5.41) is 0.648. The number of allylic oxidation sites excluding steroid dienone is 1. The molecule has 0 aliphatic carbocycles. The molecule has 0 aliphatic rings. The van der Waals surface area contributed by atoms with Crippen LogP contribution >= 0.6 is 11.6 Å². The van der Waals surface area contributed by atoms with E-state index in [1.54, 1.807) is 6.07 Å². The van der Waals surface area contributed by atoms with Crippen molar-refractivity contribution >= 4 is 17.2 Å². The maximum atomic E-state index is 5.80. The molecular weight excluding hydrogens is 144 g/mol. The van der Waals surface area contributed by atoms with E-state index in [-0.39, 0.29) is 0 Å². The van der Waals surface area contributed by atoms with Crippen molar-refractivity contribution in [3.8, 4) is 0 Å². The Balaban J connectivity index is 3.15. The van der Waals surface area contributed by atoms with Crippen LogP contribution in [0.4, 0.5) is 0 Å². The van der Waals surface area contributed by atoms with Gasteiger partial charge in [0, 0.05) is 6.07 Å². The molecule has 0 heterocycles. The molecule has 0 spiro atoms. The third-order valence-electron chi connectivity index (χ3n) is 1.27. The van der Waals surface area contributed by atoms with Crippen LogP contribution in [0.25, 0.3) is 5.57 Å². The van der Waals surface area contributed by atoms with Crippen molar-refractivity contribution in [3.05, 3.63) is 41.4 Å². The Labute approximate surface area is 66.1 Å². The summed E-state index contributed by atoms with van der Waals surface area (Å²) in [7, 11) is 0. The second-order valence-electron chi connectivity index (χ2n) is 2.18. The van der Waals surface area contributed by atoms with Crippen LogP contribution in [0.2, 0.25) is 5.02 Å². The summed E-state index contributed by atoms with van der Waals surface area (Å²) in [5.41, 5.74) is 1.95. The molecule has 0 saturated carbocycles. The summed E-state index contributed by atoms with van der Waals surface area (Å²) in [6, 6.07) is 8.50. The molecule has 0 atom stereocenters. The van der Waals surface area contributed by atoms with Crippen molar-refractivity contribution in [3.63, 3.8) is 0 Å². The lowest BCUT2D eigenvalue weighted by molar-refractivity contribution is 1.57. The molecule has 1 radical (unpaired) electrons. The van der Waals surface area contributed by atoms with Gasteiger partial charge in [-0.3, -0.25) is 0 Å². The highest BCUT2D eigenvalue weighted by molar-refractivity contribution is 6.32. The Hall–Kier alpha value is -0.750. The Morgan fingerprint density at radius 3 is 2.80 bits per heavy atom. The van der Waals surface area contributed by atoms with E-state index in [0.717, 1.165) is 11.1 Å². The number of hydrogen-bond donors (Lipinski definition) is 0. The van der Waals surface area contributed by atoms with Crippen LogP contribution in [0.3, 0.4) is 0 Å². The average Bonchev–Trinajstić information content (AvgIpc) is 1.88. The van der Waals surface area contributed by atoms with E-state index >= 15 is 0 Å². The van der Waals surface area contributed by atoms with E-state index in [9.17, 15) is 0 Å². The van der Waals surface area contributed by atoms with Gasteiger partial charge in [-0.05, 0) is 18.1 Å². The van der Waals surface area contributed by atoms with Gasteiger partial charge in [-0.25, -0.2) is 0 Å². The fourth-order valence-corrected chi connectivity index (χ4v) is 1.03. The lowest BCUT2D eigenvalue weighted by atomic mass is 10.1. The second-order valence-corrected chi connectivity index (χ2v) is 2.56. The minimum Gasteiger partial charge on any atom is -0.0955 e. The molecule has 0 aliphatic heterocycles. The van der Waals surface area contributed by atoms with Gasteiger partial charge in [-0.1, -0.05) is 36.4 Å². The topological polar surface area (TPSA) is 0 Å². The van der Waals surface area contributed by atoms with Gasteiger partial charge in [0.05, 0.1) is 5.02 Å². The predicted molar refractivity (Wildman–Crippen MR) is 45.0 cm³/mol. The van der Waals surface area contributed by atoms with Crippen molar-refractivity contribution in [1.29, 1.82) is 0 Å². The molecule has 0 aromatic heterocycles. The van der Waals surface area contributed by atoms with Crippen molar-refractivity contribution in [2.24, 2.45) is 0 Å². The molecule has 0 nitrogen and oxygen atoms in total. The molecule has 1 heteroatoms. The van der Waals surface area contributed by atoms with E-state index in [4.69, 9.17) is 11.6 Å². The highest BCUT2D eigenvalue weighted by Crippen LogP contribution is 2.20. The maximum Gasteiger partial charge on any atom is 0.0559 e. The molecule has 0 amide bonds. The molecule has 0 bridgehead atoms. The minimum absolute atomic E-state index is 0.648. The van der Waals surface area contributed by atoms with Crippen molar-refractivity contribution in [2.45, 2.75) is 6.92 Å². The van der Waals surface area contributed by atoms with Crippen molar-refractivity contribution in [1.82, 2.24) is 0 Å². The third-order valence-corrected chi connectivity index (χ3v) is 1.58. The van der Waals surface area contributed by atoms with Gasteiger partial charge in [-0.2, -0.15) is 0 Å². The zero-order valence-electron chi connectivity index (χ0n) is 5.82. The van der Waals surface area contributed by atoms with Crippen LogP contribution in [0.5, 0.6) is 0 Å². The fraction of sp³-hybridized carbons (Fsp3) is 0.111. The smallest absolute Gasteiger partial charge is 0.0559 e. The minimum atomic E-state index is 0.648. The summed E-state index contributed by atoms with van der Waals surface area (Å²) in [5.74, 6) is 0. The van der Waals surface area contributed by atoms with Crippen LogP contribution in [0.1, 0.15) is 12.5 Å². The highest BCUT2D eigenvalue weighted by Gasteiger charge is 1.96. The molecule has 51 valence electrons. The van der Waals surface area contributed by atoms with E-state index < -0.39 is 0 Å². The Kier molecular flexibility index (Phi) is 2.13. The Bertz CT molecular complexity index is 251. The van der Waals surface area contributed by atoms with Gasteiger partial charge >= 0.3 is 0 Å². The lowest BCUT2D eigenvalue weighted by Gasteiger charge is -1.99. The molecule has 1 aromatic rings. The number of rotatable bonds is 1. The Morgan fingerprint density at radius 1 is 1.70 bits per heavy atom. The predicted octanol–water partition coefficient (Wildman–Crippen LogP) is 3.17. The maximum absolute atomic E-state index is 5.80. The summed E-state index contributed by atoms with van der Waals surface area (Å²) in [6.45, 7) is 5.71. The standard InChI is InChI=1S/C9H8Cl/c1-7(2)8-5-3-4-6-9(8)10/h3-5H,1H2,2H3. The molecule has 0 fully saturated rings. The number of hydrogen-bond acceptors (Lipinski definition) is 0. The first-order valence-electron chi connectivity index (χ1n) is 3.04. The van der Waals surface area contributed by atoms with Gasteiger partial charge in [0.2, 0.25) is 0 Å². The monoisotopic (exact) mass is 151 g/mol. The lowest BCUT2D eigenvalue weighted by Crippen LogP contribution is -1.77. The average molecular weight is 152 g/mol. The van der Waals surface area contributed by atoms with Crippen LogP contribution < -0.4 is 0 Å². The van der Waals surface area contributed by atoms with Crippen LogP contribution in [0, 0.1) is 6.07 Å². The molecule has 10 heavy (non-hydrogen) atoms. The van der Waals surface area contributed by atoms with Gasteiger partial charge in [-0.15, -0.1) is 0 Å². The van der Waals surface area contributed by atoms with Crippen LogP contribution in [0.15, 0.2) is 24.8 Å². The van der Waals surface area contributed by atoms with Gasteiger partial charge in [0.25, 0.3) is 0 Å². The van der Waals surface area contributed by atoms with E-state index in [1.165, 1.54) is 0 Å². The SMILES string of the molecule is C=C(C)c1ccc[c]c1Cl. The van der Waals surface area contributed by atoms with Gasteiger partial charge in [0.1, 0.15) is 0 Å². The summed E-state index contributed by atoms with van der Waals surface area (Å²) in [4.78, 5) is 0. The van der Waals surface area contributed by atoms with Gasteiger partial charge in [0.15, 0.2) is 0 Å². The largest absolute Gasteiger partial charge is 0.0955 e. The van der Waals surface area contributed by atoms with Crippen molar-refractivity contribution < 1.29 is 0 Å². The van der Waals surface area contributed by atoms with E-state index in [2.05, 4.69) is 12.6 Å². The number of benzene rings is 1. The zero-order chi connectivity index (χ0) is 7.56. The second kappa shape index (κ2) is 2.89. The quantitative estimate of drug-likeness (QED) is 0.579.